The molecule has 122 valence electrons. The van der Waals surface area contributed by atoms with Crippen LogP contribution in [0.3, 0.4) is 0 Å². The predicted octanol–water partition coefficient (Wildman–Crippen LogP) is 3.70. The lowest BCUT2D eigenvalue weighted by molar-refractivity contribution is 0.184. The summed E-state index contributed by atoms with van der Waals surface area (Å²) in [7, 11) is 1.67. The van der Waals surface area contributed by atoms with Gasteiger partial charge in [0.05, 0.1) is 12.6 Å². The highest BCUT2D eigenvalue weighted by Crippen LogP contribution is 2.16. The maximum absolute atomic E-state index is 12.1. The van der Waals surface area contributed by atoms with E-state index in [0.717, 1.165) is 16.7 Å². The Bertz CT molecular complexity index is 655. The molecule has 0 spiro atoms. The second-order valence-electron chi connectivity index (χ2n) is 5.61. The Balaban J connectivity index is 1.92. The summed E-state index contributed by atoms with van der Waals surface area (Å²) < 4.78 is 5.18. The van der Waals surface area contributed by atoms with Gasteiger partial charge in [-0.25, -0.2) is 4.79 Å². The van der Waals surface area contributed by atoms with Crippen molar-refractivity contribution < 1.29 is 9.53 Å². The maximum Gasteiger partial charge on any atom is 0.315 e. The summed E-state index contributed by atoms with van der Waals surface area (Å²) >= 11 is 0. The van der Waals surface area contributed by atoms with Crippen LogP contribution in [0.1, 0.15) is 35.2 Å². The van der Waals surface area contributed by atoms with Gasteiger partial charge in [-0.1, -0.05) is 48.5 Å². The molecular formula is C19H24N2O2. The fourth-order valence-electron chi connectivity index (χ4n) is 2.60. The third-order valence-electron chi connectivity index (χ3n) is 3.86. The number of ether oxygens (including phenoxy) is 1. The lowest BCUT2D eigenvalue weighted by Crippen LogP contribution is -2.37. The minimum atomic E-state index is -0.173. The van der Waals surface area contributed by atoms with Gasteiger partial charge in [-0.2, -0.15) is 0 Å². The number of benzene rings is 2. The highest BCUT2D eigenvalue weighted by Gasteiger charge is 2.11. The fourth-order valence-corrected chi connectivity index (χ4v) is 2.60. The molecule has 0 aliphatic heterocycles. The minimum absolute atomic E-state index is 0.0366. The lowest BCUT2D eigenvalue weighted by atomic mass is 10.0. The van der Waals surface area contributed by atoms with Crippen LogP contribution >= 0.6 is 0 Å². The first-order valence-corrected chi connectivity index (χ1v) is 7.77. The molecule has 0 aliphatic carbocycles. The van der Waals surface area contributed by atoms with Crippen LogP contribution in [-0.4, -0.2) is 13.1 Å². The molecule has 0 heterocycles. The van der Waals surface area contributed by atoms with Crippen molar-refractivity contribution in [3.63, 3.8) is 0 Å². The van der Waals surface area contributed by atoms with E-state index in [9.17, 15) is 4.79 Å². The number of urea groups is 1. The Hall–Kier alpha value is -2.33. The van der Waals surface area contributed by atoms with E-state index in [4.69, 9.17) is 4.74 Å². The van der Waals surface area contributed by atoms with Crippen molar-refractivity contribution in [1.82, 2.24) is 10.6 Å². The summed E-state index contributed by atoms with van der Waals surface area (Å²) in [5.74, 6) is 0. The molecule has 0 aromatic heterocycles. The van der Waals surface area contributed by atoms with E-state index in [1.807, 2.05) is 62.4 Å². The van der Waals surface area contributed by atoms with Crippen LogP contribution in [0.5, 0.6) is 0 Å². The van der Waals surface area contributed by atoms with Crippen molar-refractivity contribution in [2.75, 3.05) is 7.11 Å². The van der Waals surface area contributed by atoms with Crippen molar-refractivity contribution in [3.05, 3.63) is 70.8 Å². The molecule has 2 amide bonds. The molecule has 4 nitrogen and oxygen atoms in total. The number of amides is 2. The Morgan fingerprint density at radius 1 is 1.09 bits per heavy atom. The first-order valence-electron chi connectivity index (χ1n) is 7.77. The number of carbonyl (C=O) groups is 1. The second kappa shape index (κ2) is 8.34. The van der Waals surface area contributed by atoms with Gasteiger partial charge >= 0.3 is 6.03 Å². The molecule has 0 saturated carbocycles. The van der Waals surface area contributed by atoms with Gasteiger partial charge in [0.15, 0.2) is 0 Å². The van der Waals surface area contributed by atoms with Crippen molar-refractivity contribution >= 4 is 6.03 Å². The summed E-state index contributed by atoms with van der Waals surface area (Å²) in [6.07, 6.45) is 0. The number of hydrogen-bond donors (Lipinski definition) is 2. The zero-order valence-electron chi connectivity index (χ0n) is 13.9. The van der Waals surface area contributed by atoms with Crippen LogP contribution in [0.2, 0.25) is 0 Å². The predicted molar refractivity (Wildman–Crippen MR) is 92.1 cm³/mol. The molecule has 2 aromatic carbocycles. The lowest BCUT2D eigenvalue weighted by Gasteiger charge is -2.17. The van der Waals surface area contributed by atoms with Gasteiger partial charge in [-0.05, 0) is 36.1 Å². The average molecular weight is 312 g/mol. The average Bonchev–Trinajstić information content (AvgIpc) is 2.54. The van der Waals surface area contributed by atoms with E-state index in [-0.39, 0.29) is 12.1 Å². The van der Waals surface area contributed by atoms with E-state index in [1.165, 1.54) is 5.56 Å². The molecule has 4 heteroatoms. The van der Waals surface area contributed by atoms with E-state index in [2.05, 4.69) is 10.6 Å². The number of aryl methyl sites for hydroxylation is 1. The number of carbonyl (C=O) groups excluding carboxylic acids is 1. The van der Waals surface area contributed by atoms with E-state index in [0.29, 0.717) is 13.2 Å². The zero-order chi connectivity index (χ0) is 16.7. The second-order valence-corrected chi connectivity index (χ2v) is 5.61. The van der Waals surface area contributed by atoms with Gasteiger partial charge in [0.1, 0.15) is 0 Å². The van der Waals surface area contributed by atoms with Crippen LogP contribution in [-0.2, 0) is 17.9 Å². The Morgan fingerprint density at radius 3 is 2.43 bits per heavy atom. The van der Waals surface area contributed by atoms with Crippen LogP contribution < -0.4 is 10.6 Å². The molecule has 2 N–H and O–H groups in total. The summed E-state index contributed by atoms with van der Waals surface area (Å²) in [5, 5.41) is 5.89. The molecular weight excluding hydrogens is 288 g/mol. The number of hydrogen-bond acceptors (Lipinski definition) is 2. The molecule has 0 saturated heterocycles. The SMILES string of the molecule is COCc1ccccc1CNC(=O)NC(C)c1ccccc1C. The Labute approximate surface area is 137 Å². The first-order chi connectivity index (χ1) is 11.1. The number of methoxy groups -OCH3 is 1. The topological polar surface area (TPSA) is 50.4 Å². The molecule has 23 heavy (non-hydrogen) atoms. The van der Waals surface area contributed by atoms with Gasteiger partial charge in [-0.3, -0.25) is 0 Å². The van der Waals surface area contributed by atoms with Crippen LogP contribution in [0.4, 0.5) is 4.79 Å². The molecule has 0 bridgehead atoms. The van der Waals surface area contributed by atoms with Crippen molar-refractivity contribution in [3.8, 4) is 0 Å². The summed E-state index contributed by atoms with van der Waals surface area (Å²) in [6, 6.07) is 15.8. The molecule has 2 rings (SSSR count). The third kappa shape index (κ3) is 4.83. The van der Waals surface area contributed by atoms with Crippen LogP contribution in [0.15, 0.2) is 48.5 Å². The maximum atomic E-state index is 12.1. The normalized spacial score (nSPS) is 11.8. The van der Waals surface area contributed by atoms with Crippen molar-refractivity contribution in [2.45, 2.75) is 33.0 Å². The summed E-state index contributed by atoms with van der Waals surface area (Å²) in [4.78, 5) is 12.1. The number of rotatable bonds is 6. The summed E-state index contributed by atoms with van der Waals surface area (Å²) in [5.41, 5.74) is 4.45. The largest absolute Gasteiger partial charge is 0.380 e. The van der Waals surface area contributed by atoms with E-state index >= 15 is 0 Å². The smallest absolute Gasteiger partial charge is 0.315 e. The standard InChI is InChI=1S/C19H24N2O2/c1-14-8-4-7-11-18(14)15(2)21-19(22)20-12-16-9-5-6-10-17(16)13-23-3/h4-11,15H,12-13H2,1-3H3,(H2,20,21,22). The Kier molecular flexibility index (Phi) is 6.18. The number of nitrogens with one attached hydrogen (secondary N) is 2. The zero-order valence-corrected chi connectivity index (χ0v) is 13.9. The fraction of sp³-hybridized carbons (Fsp3) is 0.316. The monoisotopic (exact) mass is 312 g/mol. The van der Waals surface area contributed by atoms with Gasteiger partial charge in [0.2, 0.25) is 0 Å². The van der Waals surface area contributed by atoms with Crippen molar-refractivity contribution in [2.24, 2.45) is 0 Å². The first kappa shape index (κ1) is 17.0. The van der Waals surface area contributed by atoms with Crippen LogP contribution in [0, 0.1) is 6.92 Å². The molecule has 0 radical (unpaired) electrons. The highest BCUT2D eigenvalue weighted by atomic mass is 16.5. The van der Waals surface area contributed by atoms with Crippen molar-refractivity contribution in [1.29, 1.82) is 0 Å². The molecule has 0 aliphatic rings. The molecule has 2 aromatic rings. The van der Waals surface area contributed by atoms with Gasteiger partial charge in [0, 0.05) is 13.7 Å². The molecule has 1 unspecified atom stereocenters. The highest BCUT2D eigenvalue weighted by molar-refractivity contribution is 5.74. The van der Waals surface area contributed by atoms with Gasteiger partial charge in [-0.15, -0.1) is 0 Å². The van der Waals surface area contributed by atoms with Gasteiger partial charge in [0.25, 0.3) is 0 Å². The van der Waals surface area contributed by atoms with Gasteiger partial charge < -0.3 is 15.4 Å². The third-order valence-corrected chi connectivity index (χ3v) is 3.86. The Morgan fingerprint density at radius 2 is 1.74 bits per heavy atom. The quantitative estimate of drug-likeness (QED) is 0.854. The molecule has 1 atom stereocenters. The van der Waals surface area contributed by atoms with Crippen LogP contribution in [0.25, 0.3) is 0 Å². The molecule has 0 fully saturated rings. The summed E-state index contributed by atoms with van der Waals surface area (Å²) in [6.45, 7) is 5.05. The minimum Gasteiger partial charge on any atom is -0.380 e. The van der Waals surface area contributed by atoms with E-state index in [1.54, 1.807) is 7.11 Å². The van der Waals surface area contributed by atoms with E-state index < -0.39 is 0 Å².